The van der Waals surface area contributed by atoms with Crippen LogP contribution in [0.3, 0.4) is 0 Å². The molecule has 1 amide bonds. The number of carbonyl (C=O) groups is 1. The van der Waals surface area contributed by atoms with Gasteiger partial charge in [0.1, 0.15) is 0 Å². The summed E-state index contributed by atoms with van der Waals surface area (Å²) in [5.74, 6) is -0.239. The lowest BCUT2D eigenvalue weighted by Gasteiger charge is -2.06. The van der Waals surface area contributed by atoms with Gasteiger partial charge >= 0.3 is 0 Å². The van der Waals surface area contributed by atoms with Crippen LogP contribution in [0.4, 0.5) is 0 Å². The molecule has 0 aliphatic carbocycles. The highest BCUT2D eigenvalue weighted by molar-refractivity contribution is 7.89. The van der Waals surface area contributed by atoms with Gasteiger partial charge in [-0.1, -0.05) is 6.07 Å². The Morgan fingerprint density at radius 3 is 2.50 bits per heavy atom. The van der Waals surface area contributed by atoms with Crippen LogP contribution in [0.25, 0.3) is 0 Å². The molecular weight excluding hydrogens is 302 g/mol. The standard InChI is InChI=1S/C15H17N3O3S/c1-16-22(20,21)14-6-4-13(5-7-14)15(19)18-10-8-12-3-2-9-17-11-12/h2-7,9,11,16H,8,10H2,1H3,(H,18,19). The second-order valence-corrected chi connectivity index (χ2v) is 6.49. The summed E-state index contributed by atoms with van der Waals surface area (Å²) >= 11 is 0. The van der Waals surface area contributed by atoms with Gasteiger partial charge in [0.15, 0.2) is 0 Å². The molecule has 1 heterocycles. The van der Waals surface area contributed by atoms with E-state index in [9.17, 15) is 13.2 Å². The molecule has 1 aromatic carbocycles. The van der Waals surface area contributed by atoms with Crippen molar-refractivity contribution in [2.24, 2.45) is 0 Å². The monoisotopic (exact) mass is 319 g/mol. The first-order valence-corrected chi connectivity index (χ1v) is 8.22. The highest BCUT2D eigenvalue weighted by Crippen LogP contribution is 2.10. The van der Waals surface area contributed by atoms with E-state index < -0.39 is 10.0 Å². The maximum Gasteiger partial charge on any atom is 0.251 e. The molecule has 0 saturated carbocycles. The van der Waals surface area contributed by atoms with Gasteiger partial charge in [0.25, 0.3) is 5.91 Å². The Morgan fingerprint density at radius 1 is 1.18 bits per heavy atom. The molecule has 0 aliphatic heterocycles. The van der Waals surface area contributed by atoms with E-state index in [4.69, 9.17) is 0 Å². The minimum atomic E-state index is -3.48. The molecule has 2 aromatic rings. The number of benzene rings is 1. The van der Waals surface area contributed by atoms with Crippen molar-refractivity contribution in [3.05, 3.63) is 59.9 Å². The Hall–Kier alpha value is -2.25. The smallest absolute Gasteiger partial charge is 0.251 e. The van der Waals surface area contributed by atoms with Crippen molar-refractivity contribution in [3.8, 4) is 0 Å². The average molecular weight is 319 g/mol. The molecule has 6 nitrogen and oxygen atoms in total. The van der Waals surface area contributed by atoms with Gasteiger partial charge < -0.3 is 5.32 Å². The van der Waals surface area contributed by atoms with Gasteiger partial charge in [0.2, 0.25) is 10.0 Å². The lowest BCUT2D eigenvalue weighted by molar-refractivity contribution is 0.0954. The molecule has 22 heavy (non-hydrogen) atoms. The zero-order valence-corrected chi connectivity index (χ0v) is 12.9. The number of nitrogens with one attached hydrogen (secondary N) is 2. The Kier molecular flexibility index (Phi) is 5.24. The van der Waals surface area contributed by atoms with Crippen molar-refractivity contribution in [3.63, 3.8) is 0 Å². The molecule has 2 N–H and O–H groups in total. The quantitative estimate of drug-likeness (QED) is 0.830. The van der Waals surface area contributed by atoms with Crippen LogP contribution in [0.2, 0.25) is 0 Å². The topological polar surface area (TPSA) is 88.2 Å². The fourth-order valence-corrected chi connectivity index (χ4v) is 2.60. The summed E-state index contributed by atoms with van der Waals surface area (Å²) in [4.78, 5) is 16.1. The number of amides is 1. The lowest BCUT2D eigenvalue weighted by atomic mass is 10.2. The fourth-order valence-electron chi connectivity index (χ4n) is 1.87. The molecule has 0 saturated heterocycles. The van der Waals surface area contributed by atoms with Gasteiger partial charge in [-0.05, 0) is 49.4 Å². The summed E-state index contributed by atoms with van der Waals surface area (Å²) in [5.41, 5.74) is 1.46. The van der Waals surface area contributed by atoms with Gasteiger partial charge in [-0.15, -0.1) is 0 Å². The zero-order chi connectivity index (χ0) is 16.0. The SMILES string of the molecule is CNS(=O)(=O)c1ccc(C(=O)NCCc2cccnc2)cc1. The lowest BCUT2D eigenvalue weighted by Crippen LogP contribution is -2.26. The molecule has 116 valence electrons. The summed E-state index contributed by atoms with van der Waals surface area (Å²) in [6.45, 7) is 0.487. The van der Waals surface area contributed by atoms with Gasteiger partial charge in [-0.3, -0.25) is 9.78 Å². The van der Waals surface area contributed by atoms with E-state index in [-0.39, 0.29) is 10.8 Å². The van der Waals surface area contributed by atoms with Crippen LogP contribution in [-0.2, 0) is 16.4 Å². The number of carbonyl (C=O) groups excluding carboxylic acids is 1. The summed E-state index contributed by atoms with van der Waals surface area (Å²) in [6.07, 6.45) is 4.14. The van der Waals surface area contributed by atoms with Gasteiger partial charge in [0.05, 0.1) is 4.90 Å². The van der Waals surface area contributed by atoms with E-state index in [1.165, 1.54) is 31.3 Å². The number of nitrogens with zero attached hydrogens (tertiary/aromatic N) is 1. The third-order valence-electron chi connectivity index (χ3n) is 3.12. The zero-order valence-electron chi connectivity index (χ0n) is 12.1. The first-order valence-electron chi connectivity index (χ1n) is 6.73. The van der Waals surface area contributed by atoms with E-state index in [1.807, 2.05) is 12.1 Å². The predicted molar refractivity (Wildman–Crippen MR) is 83.0 cm³/mol. The van der Waals surface area contributed by atoms with Crippen LogP contribution in [0.15, 0.2) is 53.7 Å². The number of sulfonamides is 1. The third-order valence-corrected chi connectivity index (χ3v) is 4.55. The molecule has 0 bridgehead atoms. The van der Waals surface area contributed by atoms with Crippen molar-refractivity contribution < 1.29 is 13.2 Å². The normalized spacial score (nSPS) is 11.1. The molecule has 0 radical (unpaired) electrons. The van der Waals surface area contributed by atoms with Crippen LogP contribution in [-0.4, -0.2) is 32.9 Å². The summed E-state index contributed by atoms with van der Waals surface area (Å²) < 4.78 is 25.4. The van der Waals surface area contributed by atoms with Crippen LogP contribution >= 0.6 is 0 Å². The van der Waals surface area contributed by atoms with E-state index in [2.05, 4.69) is 15.0 Å². The molecular formula is C15H17N3O3S. The van der Waals surface area contributed by atoms with Crippen molar-refractivity contribution in [1.82, 2.24) is 15.0 Å². The van der Waals surface area contributed by atoms with Crippen molar-refractivity contribution >= 4 is 15.9 Å². The Morgan fingerprint density at radius 2 is 1.91 bits per heavy atom. The molecule has 0 unspecified atom stereocenters. The first kappa shape index (κ1) is 16.1. The summed E-state index contributed by atoms with van der Waals surface area (Å²) in [7, 11) is -2.14. The van der Waals surface area contributed by atoms with Crippen molar-refractivity contribution in [1.29, 1.82) is 0 Å². The van der Waals surface area contributed by atoms with E-state index in [0.717, 1.165) is 5.56 Å². The van der Waals surface area contributed by atoms with Crippen LogP contribution < -0.4 is 10.0 Å². The van der Waals surface area contributed by atoms with E-state index in [0.29, 0.717) is 18.5 Å². The Balaban J connectivity index is 1.93. The molecule has 2 rings (SSSR count). The molecule has 0 atom stereocenters. The largest absolute Gasteiger partial charge is 0.352 e. The average Bonchev–Trinajstić information content (AvgIpc) is 2.56. The summed E-state index contributed by atoms with van der Waals surface area (Å²) in [5, 5.41) is 2.79. The Bertz CT molecular complexity index is 728. The third kappa shape index (κ3) is 4.12. The molecule has 1 aromatic heterocycles. The van der Waals surface area contributed by atoms with Crippen LogP contribution in [0, 0.1) is 0 Å². The highest BCUT2D eigenvalue weighted by Gasteiger charge is 2.12. The minimum Gasteiger partial charge on any atom is -0.352 e. The highest BCUT2D eigenvalue weighted by atomic mass is 32.2. The maximum absolute atomic E-state index is 12.0. The second-order valence-electron chi connectivity index (χ2n) is 4.60. The maximum atomic E-state index is 12.0. The van der Waals surface area contributed by atoms with Crippen LogP contribution in [0.5, 0.6) is 0 Å². The molecule has 0 spiro atoms. The predicted octanol–water partition coefficient (Wildman–Crippen LogP) is 0.962. The molecule has 0 fully saturated rings. The van der Waals surface area contributed by atoms with Gasteiger partial charge in [-0.2, -0.15) is 0 Å². The van der Waals surface area contributed by atoms with Gasteiger partial charge in [-0.25, -0.2) is 13.1 Å². The van der Waals surface area contributed by atoms with Crippen molar-refractivity contribution in [2.75, 3.05) is 13.6 Å². The number of hydrogen-bond donors (Lipinski definition) is 2. The van der Waals surface area contributed by atoms with Gasteiger partial charge in [0, 0.05) is 24.5 Å². The molecule has 7 heteroatoms. The summed E-state index contributed by atoms with van der Waals surface area (Å²) in [6, 6.07) is 9.58. The first-order chi connectivity index (χ1) is 10.5. The van der Waals surface area contributed by atoms with E-state index in [1.54, 1.807) is 12.4 Å². The number of rotatable bonds is 6. The second kappa shape index (κ2) is 7.15. The minimum absolute atomic E-state index is 0.127. The number of aromatic nitrogens is 1. The fraction of sp³-hybridized carbons (Fsp3) is 0.200. The van der Waals surface area contributed by atoms with Crippen molar-refractivity contribution in [2.45, 2.75) is 11.3 Å². The number of pyridine rings is 1. The number of hydrogen-bond acceptors (Lipinski definition) is 4. The Labute approximate surface area is 129 Å². The molecule has 0 aliphatic rings. The van der Waals surface area contributed by atoms with E-state index >= 15 is 0 Å². The van der Waals surface area contributed by atoms with Crippen LogP contribution in [0.1, 0.15) is 15.9 Å².